The number of nitro groups is 2. The minimum Gasteiger partial charge on any atom is -0.477 e. The van der Waals surface area contributed by atoms with Crippen LogP contribution < -0.4 is 0 Å². The fraction of sp³-hybridized carbons (Fsp3) is 0.235. The van der Waals surface area contributed by atoms with Crippen LogP contribution in [0.3, 0.4) is 0 Å². The number of carboxylic acid groups (broad SMARTS) is 1. The monoisotopic (exact) mass is 362 g/mol. The Morgan fingerprint density at radius 2 is 1.62 bits per heavy atom. The molecule has 2 N–H and O–H groups in total. The number of aliphatic hydroxyl groups excluding tert-OH is 1. The zero-order valence-corrected chi connectivity index (χ0v) is 14.2. The molecule has 0 fully saturated rings. The predicted octanol–water partition coefficient (Wildman–Crippen LogP) is 3.50. The molecule has 0 aliphatic rings. The van der Waals surface area contributed by atoms with E-state index in [1.165, 1.54) is 5.56 Å². The summed E-state index contributed by atoms with van der Waals surface area (Å²) in [6.45, 7) is 4.46. The summed E-state index contributed by atoms with van der Waals surface area (Å²) in [6, 6.07) is 10.4. The quantitative estimate of drug-likeness (QED) is 0.611. The van der Waals surface area contributed by atoms with E-state index in [9.17, 15) is 25.0 Å². The summed E-state index contributed by atoms with van der Waals surface area (Å²) in [5, 5.41) is 38.0. The second kappa shape index (κ2) is 9.23. The highest BCUT2D eigenvalue weighted by Crippen LogP contribution is 2.24. The Kier molecular flexibility index (Phi) is 7.35. The number of benzene rings is 2. The van der Waals surface area contributed by atoms with Gasteiger partial charge in [0.15, 0.2) is 0 Å². The molecule has 0 amide bonds. The third-order valence-corrected chi connectivity index (χ3v) is 3.45. The van der Waals surface area contributed by atoms with Gasteiger partial charge in [-0.3, -0.25) is 20.2 Å². The van der Waals surface area contributed by atoms with E-state index in [0.29, 0.717) is 12.0 Å². The summed E-state index contributed by atoms with van der Waals surface area (Å²) in [4.78, 5) is 29.4. The van der Waals surface area contributed by atoms with Crippen LogP contribution in [0.1, 0.15) is 41.3 Å². The van der Waals surface area contributed by atoms with Crippen LogP contribution in [0.25, 0.3) is 0 Å². The number of aromatic carboxylic acids is 1. The third-order valence-electron chi connectivity index (χ3n) is 3.45. The van der Waals surface area contributed by atoms with Crippen molar-refractivity contribution in [3.63, 3.8) is 0 Å². The maximum absolute atomic E-state index is 10.5. The van der Waals surface area contributed by atoms with Gasteiger partial charge < -0.3 is 10.2 Å². The first-order valence-electron chi connectivity index (χ1n) is 7.53. The summed E-state index contributed by atoms with van der Waals surface area (Å²) < 4.78 is 0. The van der Waals surface area contributed by atoms with Gasteiger partial charge in [-0.25, -0.2) is 4.79 Å². The Morgan fingerprint density at radius 1 is 1.04 bits per heavy atom. The van der Waals surface area contributed by atoms with Crippen LogP contribution >= 0.6 is 0 Å². The number of aliphatic hydroxyl groups is 1. The van der Waals surface area contributed by atoms with E-state index in [1.807, 2.05) is 12.1 Å². The van der Waals surface area contributed by atoms with Gasteiger partial charge in [-0.05, 0) is 23.1 Å². The average Bonchev–Trinajstić information content (AvgIpc) is 2.61. The van der Waals surface area contributed by atoms with Crippen molar-refractivity contribution in [1.29, 1.82) is 0 Å². The van der Waals surface area contributed by atoms with Crippen LogP contribution in [0.4, 0.5) is 11.4 Å². The van der Waals surface area contributed by atoms with E-state index in [0.717, 1.165) is 17.7 Å². The summed E-state index contributed by atoms with van der Waals surface area (Å²) in [5.74, 6) is -0.931. The first kappa shape index (κ1) is 20.7. The van der Waals surface area contributed by atoms with Crippen LogP contribution in [0, 0.1) is 20.2 Å². The van der Waals surface area contributed by atoms with E-state index >= 15 is 0 Å². The second-order valence-corrected chi connectivity index (χ2v) is 5.58. The molecule has 0 aliphatic carbocycles. The Bertz CT molecular complexity index is 801. The number of carboxylic acids is 1. The van der Waals surface area contributed by atoms with Crippen molar-refractivity contribution >= 4 is 17.3 Å². The van der Waals surface area contributed by atoms with Crippen molar-refractivity contribution in [3.8, 4) is 0 Å². The van der Waals surface area contributed by atoms with Gasteiger partial charge in [0.1, 0.15) is 5.56 Å². The standard InChI is InChI=1S/C10H14O.C7H4N2O6/c1-8(2)10-5-3-9(7-11)4-6-10;10-7(11)5-2-1-4(8(12)13)3-6(5)9(14)15/h3-6,8,11H,7H2,1-2H3;1-3H,(H,10,11). The van der Waals surface area contributed by atoms with Crippen molar-refractivity contribution in [2.24, 2.45) is 0 Å². The van der Waals surface area contributed by atoms with Crippen LogP contribution in [-0.4, -0.2) is 26.0 Å². The molecule has 0 aromatic heterocycles. The molecular formula is C17H18N2O7. The molecule has 0 heterocycles. The number of non-ortho nitro benzene ring substituents is 1. The molecular weight excluding hydrogens is 344 g/mol. The molecule has 0 atom stereocenters. The Labute approximate surface area is 148 Å². The molecule has 2 aromatic rings. The fourth-order valence-electron chi connectivity index (χ4n) is 1.97. The molecule has 0 unspecified atom stereocenters. The van der Waals surface area contributed by atoms with Crippen molar-refractivity contribution in [3.05, 3.63) is 79.4 Å². The van der Waals surface area contributed by atoms with Crippen LogP contribution in [0.15, 0.2) is 42.5 Å². The number of carbonyl (C=O) groups is 1. The average molecular weight is 362 g/mol. The second-order valence-electron chi connectivity index (χ2n) is 5.58. The highest BCUT2D eigenvalue weighted by atomic mass is 16.6. The lowest BCUT2D eigenvalue weighted by molar-refractivity contribution is -0.394. The molecule has 0 bridgehead atoms. The number of nitrogens with zero attached hydrogens (tertiary/aromatic N) is 2. The van der Waals surface area contributed by atoms with Gasteiger partial charge >= 0.3 is 5.97 Å². The van der Waals surface area contributed by atoms with Crippen molar-refractivity contribution in [1.82, 2.24) is 0 Å². The van der Waals surface area contributed by atoms with Crippen molar-refractivity contribution in [2.75, 3.05) is 0 Å². The topological polar surface area (TPSA) is 144 Å². The predicted molar refractivity (Wildman–Crippen MR) is 93.2 cm³/mol. The molecule has 9 heteroatoms. The summed E-state index contributed by atoms with van der Waals surface area (Å²) in [7, 11) is 0. The summed E-state index contributed by atoms with van der Waals surface area (Å²) in [6.07, 6.45) is 0. The molecule has 2 rings (SSSR count). The normalized spacial score (nSPS) is 10.0. The highest BCUT2D eigenvalue weighted by Gasteiger charge is 2.23. The summed E-state index contributed by atoms with van der Waals surface area (Å²) in [5.41, 5.74) is 0.408. The smallest absolute Gasteiger partial charge is 0.342 e. The van der Waals surface area contributed by atoms with E-state index in [1.54, 1.807) is 0 Å². The SMILES string of the molecule is CC(C)c1ccc(CO)cc1.O=C(O)c1ccc([N+](=O)[O-])cc1[N+](=O)[O-]. The molecule has 0 saturated heterocycles. The zero-order valence-electron chi connectivity index (χ0n) is 14.2. The number of hydrogen-bond donors (Lipinski definition) is 2. The van der Waals surface area contributed by atoms with Gasteiger partial charge in [0.05, 0.1) is 22.5 Å². The number of rotatable bonds is 5. The van der Waals surface area contributed by atoms with Gasteiger partial charge in [0, 0.05) is 6.07 Å². The van der Waals surface area contributed by atoms with Crippen molar-refractivity contribution in [2.45, 2.75) is 26.4 Å². The lowest BCUT2D eigenvalue weighted by Crippen LogP contribution is -2.03. The first-order valence-corrected chi connectivity index (χ1v) is 7.53. The van der Waals surface area contributed by atoms with E-state index < -0.39 is 32.8 Å². The molecule has 0 aliphatic heterocycles. The number of hydrogen-bond acceptors (Lipinski definition) is 6. The Hall–Kier alpha value is -3.33. The molecule has 9 nitrogen and oxygen atoms in total. The van der Waals surface area contributed by atoms with Gasteiger partial charge in [0.2, 0.25) is 0 Å². The van der Waals surface area contributed by atoms with Crippen LogP contribution in [0.2, 0.25) is 0 Å². The van der Waals surface area contributed by atoms with E-state index in [2.05, 4.69) is 26.0 Å². The molecule has 26 heavy (non-hydrogen) atoms. The molecule has 0 saturated carbocycles. The minimum atomic E-state index is -1.50. The third kappa shape index (κ3) is 5.64. The first-order chi connectivity index (χ1) is 12.2. The maximum atomic E-state index is 10.5. The van der Waals surface area contributed by atoms with Gasteiger partial charge in [-0.1, -0.05) is 38.1 Å². The zero-order chi connectivity index (χ0) is 19.9. The van der Waals surface area contributed by atoms with Gasteiger partial charge in [0.25, 0.3) is 11.4 Å². The van der Waals surface area contributed by atoms with Gasteiger partial charge in [-0.15, -0.1) is 0 Å². The van der Waals surface area contributed by atoms with Crippen LogP contribution in [-0.2, 0) is 6.61 Å². The molecule has 0 spiro atoms. The largest absolute Gasteiger partial charge is 0.477 e. The van der Waals surface area contributed by atoms with E-state index in [-0.39, 0.29) is 6.61 Å². The fourth-order valence-corrected chi connectivity index (χ4v) is 1.97. The Balaban J connectivity index is 0.000000273. The maximum Gasteiger partial charge on any atom is 0.342 e. The van der Waals surface area contributed by atoms with Crippen molar-refractivity contribution < 1.29 is 24.9 Å². The minimum absolute atomic E-state index is 0.137. The molecule has 0 radical (unpaired) electrons. The Morgan fingerprint density at radius 3 is 2.00 bits per heavy atom. The molecule has 2 aromatic carbocycles. The lowest BCUT2D eigenvalue weighted by Gasteiger charge is -2.04. The van der Waals surface area contributed by atoms with E-state index in [4.69, 9.17) is 10.2 Å². The van der Waals surface area contributed by atoms with Crippen LogP contribution in [0.5, 0.6) is 0 Å². The van der Waals surface area contributed by atoms with Gasteiger partial charge in [-0.2, -0.15) is 0 Å². The lowest BCUT2D eigenvalue weighted by atomic mass is 10.0. The number of nitro benzene ring substituents is 2. The highest BCUT2D eigenvalue weighted by molar-refractivity contribution is 5.92. The molecule has 138 valence electrons. The summed E-state index contributed by atoms with van der Waals surface area (Å²) >= 11 is 0.